The molecule has 6 heteroatoms. The highest BCUT2D eigenvalue weighted by molar-refractivity contribution is 6.74. The lowest BCUT2D eigenvalue weighted by Gasteiger charge is -2.56. The van der Waals surface area contributed by atoms with Crippen molar-refractivity contribution in [2.24, 2.45) is 5.92 Å². The number of likely N-dealkylation sites (tertiary alicyclic amines) is 1. The Morgan fingerprint density at radius 1 is 0.865 bits per heavy atom. The number of rotatable bonds is 8. The number of hydrogen-bond donors (Lipinski definition) is 1. The predicted octanol–water partition coefficient (Wildman–Crippen LogP) is 6.00. The molecule has 3 aromatic rings. The first kappa shape index (κ1) is 27.0. The van der Waals surface area contributed by atoms with Crippen LogP contribution in [-0.4, -0.2) is 42.2 Å². The van der Waals surface area contributed by atoms with Crippen molar-refractivity contribution in [2.45, 2.75) is 63.7 Å². The minimum absolute atomic E-state index is 0.0541. The van der Waals surface area contributed by atoms with Crippen molar-refractivity contribution >= 4 is 20.0 Å². The molecule has 1 aliphatic rings. The van der Waals surface area contributed by atoms with E-state index in [1.54, 1.807) is 36.4 Å². The molecule has 0 radical (unpaired) electrons. The summed E-state index contributed by atoms with van der Waals surface area (Å²) in [6.45, 7) is 12.6. The van der Waals surface area contributed by atoms with Gasteiger partial charge in [-0.1, -0.05) is 112 Å². The monoisotopic (exact) mass is 515 g/mol. The highest BCUT2D eigenvalue weighted by Crippen LogP contribution is 2.47. The number of Topliss-reactive ketones (excluding diaryl/α,β-unsaturated/α-hetero) is 1. The van der Waals surface area contributed by atoms with Gasteiger partial charge in [-0.3, -0.25) is 14.5 Å². The molecule has 194 valence electrons. The van der Waals surface area contributed by atoms with Gasteiger partial charge in [0, 0.05) is 16.7 Å². The Balaban J connectivity index is 1.83. The molecule has 37 heavy (non-hydrogen) atoms. The molecule has 0 aliphatic carbocycles. The van der Waals surface area contributed by atoms with Crippen LogP contribution in [0.2, 0.25) is 18.1 Å². The lowest BCUT2D eigenvalue weighted by molar-refractivity contribution is -0.196. The maximum atomic E-state index is 14.0. The van der Waals surface area contributed by atoms with E-state index in [4.69, 9.17) is 4.43 Å². The van der Waals surface area contributed by atoms with E-state index in [2.05, 4.69) is 33.9 Å². The van der Waals surface area contributed by atoms with Crippen molar-refractivity contribution in [1.29, 1.82) is 0 Å². The third-order valence-corrected chi connectivity index (χ3v) is 12.5. The van der Waals surface area contributed by atoms with Gasteiger partial charge in [0.2, 0.25) is 5.91 Å². The number of β-lactam (4-membered cyclic amide) rings is 1. The number of carbonyl (C=O) groups excluding carboxylic acids is 2. The molecule has 1 heterocycles. The van der Waals surface area contributed by atoms with Crippen molar-refractivity contribution in [3.63, 3.8) is 0 Å². The van der Waals surface area contributed by atoms with E-state index >= 15 is 0 Å². The normalized spacial score (nSPS) is 19.3. The Hall–Kier alpha value is -3.06. The molecule has 1 N–H and O–H groups in total. The minimum Gasteiger partial charge on any atom is -0.413 e. The smallest absolute Gasteiger partial charge is 0.234 e. The largest absolute Gasteiger partial charge is 0.413 e. The molecule has 1 amide bonds. The van der Waals surface area contributed by atoms with Crippen molar-refractivity contribution in [3.05, 3.63) is 108 Å². The molecule has 0 spiro atoms. The average Bonchev–Trinajstić information content (AvgIpc) is 2.87. The van der Waals surface area contributed by atoms with Gasteiger partial charge in [0.1, 0.15) is 6.04 Å². The van der Waals surface area contributed by atoms with Gasteiger partial charge in [-0.15, -0.1) is 0 Å². The number of ketones is 1. The zero-order chi connectivity index (χ0) is 27.0. The number of nitrogens with zero attached hydrogens (tertiary/aromatic N) is 1. The summed E-state index contributed by atoms with van der Waals surface area (Å²) in [6.07, 6.45) is -0.488. The number of benzene rings is 3. The maximum Gasteiger partial charge on any atom is 0.234 e. The highest BCUT2D eigenvalue weighted by Gasteiger charge is 2.62. The zero-order valence-electron chi connectivity index (χ0n) is 22.5. The molecule has 5 nitrogen and oxygen atoms in total. The first-order valence-corrected chi connectivity index (χ1v) is 15.7. The van der Waals surface area contributed by atoms with Crippen LogP contribution in [0.3, 0.4) is 0 Å². The first-order chi connectivity index (χ1) is 17.4. The summed E-state index contributed by atoms with van der Waals surface area (Å²) < 4.78 is 6.62. The second-order valence-corrected chi connectivity index (χ2v) is 16.2. The number of amides is 1. The number of carbonyl (C=O) groups is 2. The van der Waals surface area contributed by atoms with Crippen LogP contribution in [-0.2, 0) is 14.9 Å². The Kier molecular flexibility index (Phi) is 7.30. The Bertz CT molecular complexity index is 1200. The topological polar surface area (TPSA) is 66.8 Å². The summed E-state index contributed by atoms with van der Waals surface area (Å²) in [5, 5.41) is 12.3. The average molecular weight is 516 g/mol. The predicted molar refractivity (Wildman–Crippen MR) is 149 cm³/mol. The van der Waals surface area contributed by atoms with Crippen molar-refractivity contribution < 1.29 is 19.1 Å². The van der Waals surface area contributed by atoms with Crippen LogP contribution in [0, 0.1) is 5.92 Å². The zero-order valence-corrected chi connectivity index (χ0v) is 23.5. The van der Waals surface area contributed by atoms with Crippen LogP contribution < -0.4 is 0 Å². The van der Waals surface area contributed by atoms with Gasteiger partial charge in [0.25, 0.3) is 0 Å². The SMILES string of the molecule is CC(O[Si](C)(C)C(C)(C)C)[C@H]1C(=O)N(C(O)(c2ccccc2)c2ccccc2)[C@@H]1C(=O)c1ccccc1. The Labute approximate surface area is 221 Å². The molecule has 0 saturated carbocycles. The molecule has 1 unspecified atom stereocenters. The Morgan fingerprint density at radius 3 is 1.73 bits per heavy atom. The van der Waals surface area contributed by atoms with Crippen molar-refractivity contribution in [1.82, 2.24) is 4.90 Å². The quantitative estimate of drug-likeness (QED) is 0.227. The summed E-state index contributed by atoms with van der Waals surface area (Å²) in [5.74, 6) is -1.21. The number of hydrogen-bond acceptors (Lipinski definition) is 4. The van der Waals surface area contributed by atoms with Crippen LogP contribution in [0.4, 0.5) is 0 Å². The lowest BCUT2D eigenvalue weighted by atomic mass is 9.75. The minimum atomic E-state index is -2.23. The summed E-state index contributed by atoms with van der Waals surface area (Å²) in [4.78, 5) is 29.4. The first-order valence-electron chi connectivity index (χ1n) is 12.8. The van der Waals surface area contributed by atoms with E-state index < -0.39 is 32.1 Å². The second-order valence-electron chi connectivity index (χ2n) is 11.4. The molecule has 1 saturated heterocycles. The summed E-state index contributed by atoms with van der Waals surface area (Å²) in [6, 6.07) is 26.2. The fourth-order valence-electron chi connectivity index (χ4n) is 4.88. The maximum absolute atomic E-state index is 14.0. The summed E-state index contributed by atoms with van der Waals surface area (Å²) in [5.41, 5.74) is -0.270. The van der Waals surface area contributed by atoms with Gasteiger partial charge >= 0.3 is 0 Å². The molecule has 0 aromatic heterocycles. The van der Waals surface area contributed by atoms with E-state index in [1.807, 2.05) is 61.5 Å². The van der Waals surface area contributed by atoms with Gasteiger partial charge in [-0.05, 0) is 25.1 Å². The van der Waals surface area contributed by atoms with Crippen LogP contribution in [0.1, 0.15) is 49.2 Å². The van der Waals surface area contributed by atoms with E-state index in [1.165, 1.54) is 4.90 Å². The van der Waals surface area contributed by atoms with Crippen molar-refractivity contribution in [3.8, 4) is 0 Å². The van der Waals surface area contributed by atoms with Gasteiger partial charge in [-0.25, -0.2) is 0 Å². The highest BCUT2D eigenvalue weighted by atomic mass is 28.4. The van der Waals surface area contributed by atoms with Crippen molar-refractivity contribution in [2.75, 3.05) is 0 Å². The van der Waals surface area contributed by atoms with E-state index in [0.29, 0.717) is 16.7 Å². The van der Waals surface area contributed by atoms with Gasteiger partial charge in [0.15, 0.2) is 19.8 Å². The third-order valence-electron chi connectivity index (χ3n) is 7.96. The Morgan fingerprint density at radius 2 is 1.30 bits per heavy atom. The van der Waals surface area contributed by atoms with Gasteiger partial charge in [-0.2, -0.15) is 0 Å². The molecule has 3 atom stereocenters. The van der Waals surface area contributed by atoms with E-state index in [-0.39, 0.29) is 16.7 Å². The second kappa shape index (κ2) is 10.0. The molecular formula is C31H37NO4Si. The molecule has 0 bridgehead atoms. The number of aliphatic hydroxyl groups is 1. The fourth-order valence-corrected chi connectivity index (χ4v) is 6.31. The molecule has 4 rings (SSSR count). The molecule has 1 aliphatic heterocycles. The standard InChI is InChI=1S/C31H37NO4Si/c1-22(36-37(5,6)30(2,3)4)26-27(28(33)23-16-10-7-11-17-23)32(29(26)34)31(35,24-18-12-8-13-19-24)25-20-14-9-15-21-25/h7-22,26-27,35H,1-6H3/t22?,26-,27+/m1/s1. The summed E-state index contributed by atoms with van der Waals surface area (Å²) in [7, 11) is -2.23. The summed E-state index contributed by atoms with van der Waals surface area (Å²) >= 11 is 0. The lowest BCUT2D eigenvalue weighted by Crippen LogP contribution is -2.74. The van der Waals surface area contributed by atoms with E-state index in [9.17, 15) is 14.7 Å². The van der Waals surface area contributed by atoms with Gasteiger partial charge in [0.05, 0.1) is 12.0 Å². The van der Waals surface area contributed by atoms with Crippen LogP contribution in [0.5, 0.6) is 0 Å². The van der Waals surface area contributed by atoms with Crippen LogP contribution in [0.25, 0.3) is 0 Å². The van der Waals surface area contributed by atoms with E-state index in [0.717, 1.165) is 0 Å². The van der Waals surface area contributed by atoms with Crippen LogP contribution >= 0.6 is 0 Å². The third kappa shape index (κ3) is 4.81. The molecule has 3 aromatic carbocycles. The molecule has 1 fully saturated rings. The van der Waals surface area contributed by atoms with Gasteiger partial charge < -0.3 is 9.53 Å². The molecular weight excluding hydrogens is 478 g/mol. The van der Waals surface area contributed by atoms with Crippen LogP contribution in [0.15, 0.2) is 91.0 Å². The fraction of sp³-hybridized carbons (Fsp3) is 0.355.